The zero-order chi connectivity index (χ0) is 22.9. The minimum absolute atomic E-state index is 0.0669. The average molecular weight is 490 g/mol. The average Bonchev–Trinajstić information content (AvgIpc) is 3.12. The van der Waals surface area contributed by atoms with Gasteiger partial charge >= 0.3 is 5.82 Å². The monoisotopic (exact) mass is 489 g/mol. The molecule has 2 heterocycles. The third-order valence-corrected chi connectivity index (χ3v) is 7.47. The molecule has 0 aliphatic heterocycles. The quantitative estimate of drug-likeness (QED) is 0.265. The second-order valence-electron chi connectivity index (χ2n) is 6.71. The molecule has 0 atom stereocenters. The lowest BCUT2D eigenvalue weighted by molar-refractivity contribution is -0.391. The Morgan fingerprint density at radius 2 is 1.84 bits per heavy atom. The molecule has 0 aliphatic rings. The molecule has 2 aromatic carbocycles. The number of nitro groups is 1. The normalized spacial score (nSPS) is 11.6. The van der Waals surface area contributed by atoms with Crippen molar-refractivity contribution in [2.45, 2.75) is 20.4 Å². The number of sulfone groups is 1. The van der Waals surface area contributed by atoms with Crippen LogP contribution in [0.2, 0.25) is 5.02 Å². The van der Waals surface area contributed by atoms with Crippen molar-refractivity contribution in [2.75, 3.05) is 7.11 Å². The third-order valence-electron chi connectivity index (χ3n) is 4.59. The van der Waals surface area contributed by atoms with Crippen molar-refractivity contribution in [3.05, 3.63) is 87.7 Å². The van der Waals surface area contributed by atoms with Gasteiger partial charge in [-0.05, 0) is 47.4 Å². The number of pyridine rings is 1. The Morgan fingerprint density at radius 3 is 2.47 bits per heavy atom. The minimum atomic E-state index is -3.84. The van der Waals surface area contributed by atoms with E-state index in [1.165, 1.54) is 34.5 Å². The number of fused-ring (bicyclic) bond motifs is 1. The second-order valence-corrected chi connectivity index (χ2v) is 10.2. The van der Waals surface area contributed by atoms with E-state index in [0.29, 0.717) is 10.6 Å². The Labute approximate surface area is 192 Å². The highest BCUT2D eigenvalue weighted by molar-refractivity contribution is 7.99. The highest BCUT2D eigenvalue weighted by Crippen LogP contribution is 2.36. The number of methoxy groups -OCH3 is 1. The summed E-state index contributed by atoms with van der Waals surface area (Å²) in [4.78, 5) is 17.0. The van der Waals surface area contributed by atoms with E-state index in [0.717, 1.165) is 4.90 Å². The van der Waals surface area contributed by atoms with E-state index in [-0.39, 0.29) is 21.3 Å². The van der Waals surface area contributed by atoms with Gasteiger partial charge < -0.3 is 14.9 Å². The number of aromatic nitrogens is 2. The van der Waals surface area contributed by atoms with Gasteiger partial charge in [-0.15, -0.1) is 0 Å². The molecule has 4 rings (SSSR count). The van der Waals surface area contributed by atoms with E-state index < -0.39 is 26.3 Å². The molecule has 0 aliphatic carbocycles. The highest BCUT2D eigenvalue weighted by Gasteiger charge is 2.29. The second kappa shape index (κ2) is 8.81. The summed E-state index contributed by atoms with van der Waals surface area (Å²) in [6.07, 6.45) is 1.36. The molecule has 0 saturated heterocycles. The van der Waals surface area contributed by atoms with Crippen molar-refractivity contribution in [2.24, 2.45) is 0 Å². The summed E-state index contributed by atoms with van der Waals surface area (Å²) in [6, 6.07) is 16.6. The number of rotatable bonds is 7. The molecule has 4 aromatic rings. The number of halogens is 1. The number of benzene rings is 2. The first-order valence-electron chi connectivity index (χ1n) is 9.23. The van der Waals surface area contributed by atoms with Crippen molar-refractivity contribution < 1.29 is 18.1 Å². The molecule has 0 bridgehead atoms. The van der Waals surface area contributed by atoms with Crippen LogP contribution in [0.25, 0.3) is 5.65 Å². The summed E-state index contributed by atoms with van der Waals surface area (Å²) in [5.41, 5.74) is 0.0953. The van der Waals surface area contributed by atoms with Crippen LogP contribution in [0.3, 0.4) is 0 Å². The van der Waals surface area contributed by atoms with Gasteiger partial charge in [0.1, 0.15) is 17.7 Å². The van der Waals surface area contributed by atoms with Gasteiger partial charge in [-0.1, -0.05) is 41.6 Å². The van der Waals surface area contributed by atoms with Crippen LogP contribution in [-0.4, -0.2) is 29.8 Å². The van der Waals surface area contributed by atoms with Crippen LogP contribution in [-0.2, 0) is 15.6 Å². The first kappa shape index (κ1) is 22.1. The Morgan fingerprint density at radius 1 is 1.16 bits per heavy atom. The molecule has 0 spiro atoms. The fraction of sp³-hybridized carbons (Fsp3) is 0.0952. The number of imidazole rings is 1. The fourth-order valence-corrected chi connectivity index (χ4v) is 5.66. The Hall–Kier alpha value is -3.08. The van der Waals surface area contributed by atoms with E-state index in [1.54, 1.807) is 43.5 Å². The predicted molar refractivity (Wildman–Crippen MR) is 121 cm³/mol. The van der Waals surface area contributed by atoms with Gasteiger partial charge in [0.05, 0.1) is 21.9 Å². The van der Waals surface area contributed by atoms with Crippen LogP contribution < -0.4 is 4.74 Å². The van der Waals surface area contributed by atoms with Gasteiger partial charge in [0.2, 0.25) is 5.65 Å². The molecule has 2 aromatic heterocycles. The number of nitrogens with zero attached hydrogens (tertiary/aromatic N) is 3. The zero-order valence-electron chi connectivity index (χ0n) is 16.6. The Balaban J connectivity index is 1.81. The van der Waals surface area contributed by atoms with E-state index >= 15 is 0 Å². The number of ether oxygens (including phenoxy) is 1. The molecule has 164 valence electrons. The molecule has 0 amide bonds. The lowest BCUT2D eigenvalue weighted by Gasteiger charge is -2.04. The van der Waals surface area contributed by atoms with Gasteiger partial charge in [-0.2, -0.15) is 4.40 Å². The molecule has 0 radical (unpaired) electrons. The fourth-order valence-electron chi connectivity index (χ4n) is 3.14. The minimum Gasteiger partial charge on any atom is -0.497 e. The lowest BCUT2D eigenvalue weighted by atomic mass is 10.3. The molecule has 0 fully saturated rings. The maximum atomic E-state index is 12.8. The molecule has 0 saturated carbocycles. The zero-order valence-corrected chi connectivity index (χ0v) is 19.0. The van der Waals surface area contributed by atoms with Gasteiger partial charge in [0.15, 0.2) is 15.5 Å². The van der Waals surface area contributed by atoms with Crippen LogP contribution >= 0.6 is 23.4 Å². The molecule has 11 heteroatoms. The Bertz CT molecular complexity index is 1410. The van der Waals surface area contributed by atoms with Crippen molar-refractivity contribution >= 4 is 44.7 Å². The summed E-state index contributed by atoms with van der Waals surface area (Å²) in [6.45, 7) is 0. The summed E-state index contributed by atoms with van der Waals surface area (Å²) < 4.78 is 32.1. The number of hydrogen-bond donors (Lipinski definition) is 0. The van der Waals surface area contributed by atoms with Gasteiger partial charge in [0, 0.05) is 4.90 Å². The van der Waals surface area contributed by atoms with E-state index in [9.17, 15) is 18.5 Å². The summed E-state index contributed by atoms with van der Waals surface area (Å²) in [5, 5.41) is 12.1. The summed E-state index contributed by atoms with van der Waals surface area (Å²) >= 11 is 7.53. The van der Waals surface area contributed by atoms with Crippen molar-refractivity contribution in [3.8, 4) is 5.75 Å². The van der Waals surface area contributed by atoms with Crippen LogP contribution in [0.5, 0.6) is 5.75 Å². The first-order valence-corrected chi connectivity index (χ1v) is 12.1. The maximum absolute atomic E-state index is 12.8. The van der Waals surface area contributed by atoms with Crippen molar-refractivity contribution in [1.82, 2.24) is 9.38 Å². The van der Waals surface area contributed by atoms with Gasteiger partial charge in [-0.3, -0.25) is 0 Å². The summed E-state index contributed by atoms with van der Waals surface area (Å²) in [7, 11) is -2.27. The molecular formula is C21H16ClN3O5S2. The largest absolute Gasteiger partial charge is 0.497 e. The third kappa shape index (κ3) is 4.43. The van der Waals surface area contributed by atoms with Crippen LogP contribution in [0.4, 0.5) is 5.82 Å². The lowest BCUT2D eigenvalue weighted by Crippen LogP contribution is -2.07. The summed E-state index contributed by atoms with van der Waals surface area (Å²) in [5.74, 6) is -0.353. The van der Waals surface area contributed by atoms with E-state index in [2.05, 4.69) is 4.98 Å². The first-order chi connectivity index (χ1) is 15.3. The molecule has 32 heavy (non-hydrogen) atoms. The Kier molecular flexibility index (Phi) is 6.09. The molecule has 0 unspecified atom stereocenters. The van der Waals surface area contributed by atoms with Crippen LogP contribution in [0.1, 0.15) is 5.69 Å². The molecular weight excluding hydrogens is 474 g/mol. The number of hydrogen-bond acceptors (Lipinski definition) is 7. The predicted octanol–water partition coefficient (Wildman–Crippen LogP) is 5.03. The van der Waals surface area contributed by atoms with Crippen molar-refractivity contribution in [3.63, 3.8) is 0 Å². The van der Waals surface area contributed by atoms with Gasteiger partial charge in [0.25, 0.3) is 0 Å². The SMILES string of the molecule is COc1ccc(Sc2cc(Cl)cn3c([N+](=O)[O-])c(CS(=O)(=O)c4ccccc4)nc23)cc1. The smallest absolute Gasteiger partial charge is 0.352 e. The maximum Gasteiger partial charge on any atom is 0.352 e. The topological polar surface area (TPSA) is 104 Å². The van der Waals surface area contributed by atoms with Gasteiger partial charge in [-0.25, -0.2) is 13.4 Å². The molecule has 8 nitrogen and oxygen atoms in total. The standard InChI is InChI=1S/C21H16ClN3O5S2/c1-30-15-7-9-16(10-8-15)31-19-11-14(22)12-24-20(19)23-18(21(24)25(26)27)13-32(28,29)17-5-3-2-4-6-17/h2-12H,13H2,1H3. The highest BCUT2D eigenvalue weighted by atomic mass is 35.5. The molecule has 0 N–H and O–H groups in total. The van der Waals surface area contributed by atoms with E-state index in [4.69, 9.17) is 16.3 Å². The van der Waals surface area contributed by atoms with Crippen molar-refractivity contribution in [1.29, 1.82) is 0 Å². The van der Waals surface area contributed by atoms with Crippen LogP contribution in [0, 0.1) is 10.1 Å². The van der Waals surface area contributed by atoms with E-state index in [1.807, 2.05) is 12.1 Å². The van der Waals surface area contributed by atoms with Crippen LogP contribution in [0.15, 0.2) is 81.5 Å².